The van der Waals surface area contributed by atoms with Crippen molar-refractivity contribution < 1.29 is 4.42 Å². The second-order valence-electron chi connectivity index (χ2n) is 12.4. The molecule has 0 amide bonds. The minimum atomic E-state index is 0.939. The van der Waals surface area contributed by atoms with Crippen LogP contribution in [0, 0.1) is 0 Å². The molecular formula is C46H28O. The predicted molar refractivity (Wildman–Crippen MR) is 199 cm³/mol. The van der Waals surface area contributed by atoms with E-state index in [-0.39, 0.29) is 0 Å². The van der Waals surface area contributed by atoms with Gasteiger partial charge in [0.05, 0.1) is 0 Å². The average molecular weight is 597 g/mol. The molecule has 0 spiro atoms. The van der Waals surface area contributed by atoms with Crippen molar-refractivity contribution >= 4 is 54.3 Å². The van der Waals surface area contributed by atoms with Crippen molar-refractivity contribution in [3.8, 4) is 44.5 Å². The first-order valence-corrected chi connectivity index (χ1v) is 16.2. The molecule has 1 nitrogen and oxygen atoms in total. The lowest BCUT2D eigenvalue weighted by Crippen LogP contribution is -1.92. The molecular weight excluding hydrogens is 569 g/mol. The molecule has 0 saturated heterocycles. The molecule has 1 heteroatoms. The molecule has 1 aromatic heterocycles. The van der Waals surface area contributed by atoms with Gasteiger partial charge in [0, 0.05) is 10.8 Å². The lowest BCUT2D eigenvalue weighted by Gasteiger charge is -2.19. The third-order valence-electron chi connectivity index (χ3n) is 9.80. The van der Waals surface area contributed by atoms with Crippen LogP contribution in [-0.2, 0) is 0 Å². The zero-order chi connectivity index (χ0) is 30.9. The van der Waals surface area contributed by atoms with Gasteiger partial charge in [-0.1, -0.05) is 140 Å². The van der Waals surface area contributed by atoms with E-state index >= 15 is 0 Å². The van der Waals surface area contributed by atoms with Gasteiger partial charge in [-0.3, -0.25) is 0 Å². The highest BCUT2D eigenvalue weighted by Gasteiger charge is 2.21. The van der Waals surface area contributed by atoms with Crippen molar-refractivity contribution in [3.05, 3.63) is 170 Å². The number of hydrogen-bond acceptors (Lipinski definition) is 1. The monoisotopic (exact) mass is 596 g/mol. The van der Waals surface area contributed by atoms with E-state index in [0.717, 1.165) is 11.2 Å². The molecule has 0 unspecified atom stereocenters. The number of fused-ring (bicyclic) bond motifs is 2. The van der Waals surface area contributed by atoms with Crippen LogP contribution in [0.4, 0.5) is 0 Å². The minimum absolute atomic E-state index is 0.939. The lowest BCUT2D eigenvalue weighted by molar-refractivity contribution is 0.669. The van der Waals surface area contributed by atoms with Crippen LogP contribution in [0.3, 0.4) is 0 Å². The third-order valence-corrected chi connectivity index (χ3v) is 9.80. The molecule has 0 aliphatic carbocycles. The van der Waals surface area contributed by atoms with Gasteiger partial charge in [-0.05, 0) is 107 Å². The molecule has 0 bridgehead atoms. The molecule has 0 aliphatic rings. The van der Waals surface area contributed by atoms with Crippen LogP contribution in [0.2, 0.25) is 0 Å². The first-order chi connectivity index (χ1) is 23.3. The predicted octanol–water partition coefficient (Wildman–Crippen LogP) is 13.2. The Morgan fingerprint density at radius 2 is 0.766 bits per heavy atom. The summed E-state index contributed by atoms with van der Waals surface area (Å²) < 4.78 is 6.34. The zero-order valence-corrected chi connectivity index (χ0v) is 25.6. The summed E-state index contributed by atoms with van der Waals surface area (Å²) in [6, 6.07) is 61.6. The maximum atomic E-state index is 6.34. The van der Waals surface area contributed by atoms with Crippen LogP contribution in [0.15, 0.2) is 174 Å². The Morgan fingerprint density at radius 3 is 1.45 bits per heavy atom. The van der Waals surface area contributed by atoms with Crippen LogP contribution in [0.1, 0.15) is 0 Å². The Balaban J connectivity index is 1.24. The van der Waals surface area contributed by atoms with Crippen molar-refractivity contribution in [3.63, 3.8) is 0 Å². The van der Waals surface area contributed by atoms with Gasteiger partial charge in [-0.2, -0.15) is 0 Å². The van der Waals surface area contributed by atoms with E-state index in [4.69, 9.17) is 4.42 Å². The molecule has 0 radical (unpaired) electrons. The second-order valence-corrected chi connectivity index (χ2v) is 12.4. The highest BCUT2D eigenvalue weighted by Crippen LogP contribution is 2.48. The maximum absolute atomic E-state index is 6.34. The van der Waals surface area contributed by atoms with E-state index in [1.165, 1.54) is 87.6 Å². The number of furan rings is 1. The van der Waals surface area contributed by atoms with Gasteiger partial charge in [0.15, 0.2) is 0 Å². The van der Waals surface area contributed by atoms with Gasteiger partial charge in [0.2, 0.25) is 0 Å². The van der Waals surface area contributed by atoms with Crippen LogP contribution in [-0.4, -0.2) is 0 Å². The van der Waals surface area contributed by atoms with E-state index in [0.29, 0.717) is 0 Å². The Bertz CT molecular complexity index is 2730. The third kappa shape index (κ3) is 3.97. The Labute approximate surface area is 272 Å². The molecule has 0 aliphatic heterocycles. The molecule has 0 atom stereocenters. The number of benzene rings is 9. The SMILES string of the molecule is c1ccc(-c2cccc(-c3cccc(-c4c5ccccc5c(-c5cc6cccc7oc8cccc5c8c67)c5ccccc45)c3)c2)cc1. The van der Waals surface area contributed by atoms with Crippen molar-refractivity contribution in [1.29, 1.82) is 0 Å². The van der Waals surface area contributed by atoms with Gasteiger partial charge in [-0.15, -0.1) is 0 Å². The molecule has 0 fully saturated rings. The van der Waals surface area contributed by atoms with E-state index in [1.54, 1.807) is 0 Å². The molecule has 10 rings (SSSR count). The highest BCUT2D eigenvalue weighted by molar-refractivity contribution is 6.29. The maximum Gasteiger partial charge on any atom is 0.136 e. The highest BCUT2D eigenvalue weighted by atomic mass is 16.3. The summed E-state index contributed by atoms with van der Waals surface area (Å²) in [5.41, 5.74) is 11.7. The smallest absolute Gasteiger partial charge is 0.136 e. The quantitative estimate of drug-likeness (QED) is 0.145. The lowest BCUT2D eigenvalue weighted by atomic mass is 9.83. The van der Waals surface area contributed by atoms with Gasteiger partial charge in [-0.25, -0.2) is 0 Å². The first-order valence-electron chi connectivity index (χ1n) is 16.2. The van der Waals surface area contributed by atoms with Crippen LogP contribution in [0.25, 0.3) is 98.8 Å². The van der Waals surface area contributed by atoms with E-state index < -0.39 is 0 Å². The summed E-state index contributed by atoms with van der Waals surface area (Å²) in [5.74, 6) is 0. The normalized spacial score (nSPS) is 11.8. The van der Waals surface area contributed by atoms with Crippen LogP contribution in [0.5, 0.6) is 0 Å². The molecule has 0 N–H and O–H groups in total. The van der Waals surface area contributed by atoms with Gasteiger partial charge >= 0.3 is 0 Å². The van der Waals surface area contributed by atoms with Gasteiger partial charge in [0.1, 0.15) is 11.2 Å². The fraction of sp³-hybridized carbons (Fsp3) is 0. The summed E-state index contributed by atoms with van der Waals surface area (Å²) in [5, 5.41) is 9.85. The Morgan fingerprint density at radius 1 is 0.298 bits per heavy atom. The fourth-order valence-corrected chi connectivity index (χ4v) is 7.77. The standard InChI is InChI=1S/C46H28O/c1-2-12-29(13-3-1)30-14-8-15-31(26-30)32-16-9-17-33(27-32)43-35-19-4-6-21-37(35)45(38-22-7-5-20-36(38)43)40-28-34-18-10-24-41-44(34)46-39(40)23-11-25-42(46)47-41/h1-28H. The molecule has 218 valence electrons. The van der Waals surface area contributed by atoms with E-state index in [1.807, 2.05) is 0 Å². The molecule has 10 aromatic rings. The van der Waals surface area contributed by atoms with Crippen LogP contribution >= 0.6 is 0 Å². The van der Waals surface area contributed by atoms with Gasteiger partial charge in [0.25, 0.3) is 0 Å². The van der Waals surface area contributed by atoms with Crippen molar-refractivity contribution in [2.24, 2.45) is 0 Å². The van der Waals surface area contributed by atoms with Crippen molar-refractivity contribution in [1.82, 2.24) is 0 Å². The minimum Gasteiger partial charge on any atom is -0.456 e. The Kier molecular flexibility index (Phi) is 5.64. The topological polar surface area (TPSA) is 13.1 Å². The van der Waals surface area contributed by atoms with Crippen molar-refractivity contribution in [2.75, 3.05) is 0 Å². The first kappa shape index (κ1) is 26.1. The summed E-state index contributed by atoms with van der Waals surface area (Å²) in [6.45, 7) is 0. The summed E-state index contributed by atoms with van der Waals surface area (Å²) >= 11 is 0. The molecule has 0 saturated carbocycles. The number of hydrogen-bond donors (Lipinski definition) is 0. The summed E-state index contributed by atoms with van der Waals surface area (Å²) in [6.07, 6.45) is 0. The largest absolute Gasteiger partial charge is 0.456 e. The van der Waals surface area contributed by atoms with Crippen LogP contribution < -0.4 is 0 Å². The summed E-state index contributed by atoms with van der Waals surface area (Å²) in [4.78, 5) is 0. The zero-order valence-electron chi connectivity index (χ0n) is 25.6. The molecule has 47 heavy (non-hydrogen) atoms. The fourth-order valence-electron chi connectivity index (χ4n) is 7.77. The van der Waals surface area contributed by atoms with E-state index in [9.17, 15) is 0 Å². The van der Waals surface area contributed by atoms with E-state index in [2.05, 4.69) is 170 Å². The average Bonchev–Trinajstić information content (AvgIpc) is 3.53. The molecule has 9 aromatic carbocycles. The Hall–Kier alpha value is -6.18. The van der Waals surface area contributed by atoms with Gasteiger partial charge < -0.3 is 4.42 Å². The summed E-state index contributed by atoms with van der Waals surface area (Å²) in [7, 11) is 0. The van der Waals surface area contributed by atoms with Crippen molar-refractivity contribution in [2.45, 2.75) is 0 Å². The second kappa shape index (κ2) is 10.2. The number of rotatable bonds is 4. The molecule has 1 heterocycles.